The van der Waals surface area contributed by atoms with Crippen LogP contribution in [0.15, 0.2) is 18.2 Å². The van der Waals surface area contributed by atoms with Crippen LogP contribution in [0, 0.1) is 5.92 Å². The standard InChI is InChI=1S/C17H22N2O4/c1-22-13-5-6-14(15(10-13)23-2)19-11-12(9-16(19)20)17(21)18-7-3-4-8-18/h5-6,10,12H,3-4,7-9,11H2,1-2H3/t12-/m1/s1. The molecular formula is C17H22N2O4. The lowest BCUT2D eigenvalue weighted by molar-refractivity contribution is -0.134. The number of rotatable bonds is 4. The van der Waals surface area contributed by atoms with E-state index in [0.29, 0.717) is 23.7 Å². The summed E-state index contributed by atoms with van der Waals surface area (Å²) in [6, 6.07) is 5.34. The highest BCUT2D eigenvalue weighted by Crippen LogP contribution is 2.36. The van der Waals surface area contributed by atoms with Gasteiger partial charge in [0.15, 0.2) is 0 Å². The van der Waals surface area contributed by atoms with E-state index in [1.165, 1.54) is 0 Å². The number of ether oxygens (including phenoxy) is 2. The molecule has 0 unspecified atom stereocenters. The fourth-order valence-electron chi connectivity index (χ4n) is 3.31. The predicted molar refractivity (Wildman–Crippen MR) is 85.8 cm³/mol. The van der Waals surface area contributed by atoms with Crippen LogP contribution in [0.25, 0.3) is 0 Å². The van der Waals surface area contributed by atoms with E-state index in [2.05, 4.69) is 0 Å². The topological polar surface area (TPSA) is 59.1 Å². The van der Waals surface area contributed by atoms with Crippen LogP contribution in [-0.2, 0) is 9.59 Å². The van der Waals surface area contributed by atoms with E-state index in [-0.39, 0.29) is 24.2 Å². The van der Waals surface area contributed by atoms with Gasteiger partial charge in [-0.1, -0.05) is 0 Å². The predicted octanol–water partition coefficient (Wildman–Crippen LogP) is 1.68. The van der Waals surface area contributed by atoms with Gasteiger partial charge in [-0.25, -0.2) is 0 Å². The van der Waals surface area contributed by atoms with Crippen molar-refractivity contribution < 1.29 is 19.1 Å². The normalized spacial score (nSPS) is 21.0. The molecule has 0 aliphatic carbocycles. The monoisotopic (exact) mass is 318 g/mol. The minimum Gasteiger partial charge on any atom is -0.497 e. The van der Waals surface area contributed by atoms with Crippen LogP contribution >= 0.6 is 0 Å². The molecule has 1 aromatic carbocycles. The Hall–Kier alpha value is -2.24. The Labute approximate surface area is 136 Å². The van der Waals surface area contributed by atoms with Crippen molar-refractivity contribution in [3.8, 4) is 11.5 Å². The van der Waals surface area contributed by atoms with Crippen LogP contribution in [0.5, 0.6) is 11.5 Å². The van der Waals surface area contributed by atoms with Crippen molar-refractivity contribution in [3.05, 3.63) is 18.2 Å². The van der Waals surface area contributed by atoms with Crippen molar-refractivity contribution >= 4 is 17.5 Å². The van der Waals surface area contributed by atoms with Crippen LogP contribution < -0.4 is 14.4 Å². The number of carbonyl (C=O) groups excluding carboxylic acids is 2. The highest BCUT2D eigenvalue weighted by molar-refractivity contribution is 6.01. The molecule has 0 radical (unpaired) electrons. The molecule has 0 saturated carbocycles. The van der Waals surface area contributed by atoms with Crippen LogP contribution in [0.4, 0.5) is 5.69 Å². The van der Waals surface area contributed by atoms with Crippen molar-refractivity contribution in [2.45, 2.75) is 19.3 Å². The van der Waals surface area contributed by atoms with Crippen molar-refractivity contribution in [2.24, 2.45) is 5.92 Å². The van der Waals surface area contributed by atoms with E-state index in [0.717, 1.165) is 25.9 Å². The van der Waals surface area contributed by atoms with Gasteiger partial charge in [0.1, 0.15) is 11.5 Å². The molecule has 2 fully saturated rings. The molecule has 0 spiro atoms. The summed E-state index contributed by atoms with van der Waals surface area (Å²) in [5, 5.41) is 0. The molecule has 6 heteroatoms. The zero-order valence-corrected chi connectivity index (χ0v) is 13.6. The Balaban J connectivity index is 1.78. The largest absolute Gasteiger partial charge is 0.497 e. The summed E-state index contributed by atoms with van der Waals surface area (Å²) in [7, 11) is 3.14. The van der Waals surface area contributed by atoms with Gasteiger partial charge in [-0.05, 0) is 25.0 Å². The van der Waals surface area contributed by atoms with Gasteiger partial charge in [0.2, 0.25) is 11.8 Å². The summed E-state index contributed by atoms with van der Waals surface area (Å²) < 4.78 is 10.6. The molecule has 2 aliphatic rings. The number of benzene rings is 1. The van der Waals surface area contributed by atoms with Crippen LogP contribution in [-0.4, -0.2) is 50.6 Å². The maximum atomic E-state index is 12.5. The fraction of sp³-hybridized carbons (Fsp3) is 0.529. The minimum atomic E-state index is -0.257. The molecule has 0 N–H and O–H groups in total. The fourth-order valence-corrected chi connectivity index (χ4v) is 3.31. The maximum Gasteiger partial charge on any atom is 0.228 e. The van der Waals surface area contributed by atoms with E-state index in [1.54, 1.807) is 37.3 Å². The van der Waals surface area contributed by atoms with Gasteiger partial charge >= 0.3 is 0 Å². The van der Waals surface area contributed by atoms with Crippen LogP contribution in [0.2, 0.25) is 0 Å². The first kappa shape index (κ1) is 15.6. The quantitative estimate of drug-likeness (QED) is 0.847. The molecule has 0 bridgehead atoms. The van der Waals surface area contributed by atoms with Gasteiger partial charge in [-0.2, -0.15) is 0 Å². The second-order valence-corrected chi connectivity index (χ2v) is 5.98. The lowest BCUT2D eigenvalue weighted by Gasteiger charge is -2.22. The summed E-state index contributed by atoms with van der Waals surface area (Å²) in [5.41, 5.74) is 0.690. The molecule has 2 heterocycles. The molecule has 2 amide bonds. The summed E-state index contributed by atoms with van der Waals surface area (Å²) >= 11 is 0. The molecule has 3 rings (SSSR count). The van der Waals surface area contributed by atoms with Crippen LogP contribution in [0.1, 0.15) is 19.3 Å². The SMILES string of the molecule is COc1ccc(N2C[C@H](C(=O)N3CCCC3)CC2=O)c(OC)c1. The molecular weight excluding hydrogens is 296 g/mol. The van der Waals surface area contributed by atoms with E-state index < -0.39 is 0 Å². The Kier molecular flexibility index (Phi) is 4.41. The van der Waals surface area contributed by atoms with Crippen LogP contribution in [0.3, 0.4) is 0 Å². The molecule has 1 atom stereocenters. The first-order valence-corrected chi connectivity index (χ1v) is 7.95. The Morgan fingerprint density at radius 3 is 2.57 bits per heavy atom. The van der Waals surface area contributed by atoms with Crippen molar-refractivity contribution in [1.29, 1.82) is 0 Å². The summed E-state index contributed by atoms with van der Waals surface area (Å²) in [6.07, 6.45) is 2.38. The number of nitrogens with zero attached hydrogens (tertiary/aromatic N) is 2. The number of likely N-dealkylation sites (tertiary alicyclic amines) is 1. The Morgan fingerprint density at radius 1 is 1.17 bits per heavy atom. The molecule has 0 aromatic heterocycles. The zero-order chi connectivity index (χ0) is 16.4. The lowest BCUT2D eigenvalue weighted by Crippen LogP contribution is -2.35. The van der Waals surface area contributed by atoms with E-state index in [1.807, 2.05) is 4.90 Å². The smallest absolute Gasteiger partial charge is 0.228 e. The third-order valence-electron chi connectivity index (χ3n) is 4.57. The Morgan fingerprint density at radius 2 is 1.91 bits per heavy atom. The molecule has 2 saturated heterocycles. The number of methoxy groups -OCH3 is 2. The highest BCUT2D eigenvalue weighted by atomic mass is 16.5. The van der Waals surface area contributed by atoms with Gasteiger partial charge in [-0.3, -0.25) is 9.59 Å². The first-order chi connectivity index (χ1) is 11.1. The molecule has 2 aliphatic heterocycles. The molecule has 6 nitrogen and oxygen atoms in total. The number of carbonyl (C=O) groups is 2. The van der Waals surface area contributed by atoms with Crippen molar-refractivity contribution in [2.75, 3.05) is 38.8 Å². The third kappa shape index (κ3) is 2.98. The average molecular weight is 318 g/mol. The third-order valence-corrected chi connectivity index (χ3v) is 4.57. The van der Waals surface area contributed by atoms with Crippen molar-refractivity contribution in [1.82, 2.24) is 4.90 Å². The van der Waals surface area contributed by atoms with Gasteiger partial charge in [-0.15, -0.1) is 0 Å². The Bertz CT molecular complexity index is 611. The number of anilines is 1. The molecule has 1 aromatic rings. The second kappa shape index (κ2) is 6.48. The van der Waals surface area contributed by atoms with Gasteiger partial charge in [0.05, 0.1) is 25.8 Å². The van der Waals surface area contributed by atoms with Gasteiger partial charge in [0.25, 0.3) is 0 Å². The maximum absolute atomic E-state index is 12.5. The summed E-state index contributed by atoms with van der Waals surface area (Å²) in [4.78, 5) is 28.4. The van der Waals surface area contributed by atoms with Crippen molar-refractivity contribution in [3.63, 3.8) is 0 Å². The minimum absolute atomic E-state index is 0.0361. The zero-order valence-electron chi connectivity index (χ0n) is 13.6. The first-order valence-electron chi connectivity index (χ1n) is 7.95. The highest BCUT2D eigenvalue weighted by Gasteiger charge is 2.38. The van der Waals surface area contributed by atoms with E-state index in [4.69, 9.17) is 9.47 Å². The van der Waals surface area contributed by atoms with Gasteiger partial charge in [0, 0.05) is 32.1 Å². The molecule has 124 valence electrons. The average Bonchev–Trinajstić information content (AvgIpc) is 3.23. The second-order valence-electron chi connectivity index (χ2n) is 5.98. The number of amides is 2. The number of hydrogen-bond acceptors (Lipinski definition) is 4. The van der Waals surface area contributed by atoms with E-state index in [9.17, 15) is 9.59 Å². The summed E-state index contributed by atoms with van der Waals surface area (Å²) in [6.45, 7) is 2.04. The summed E-state index contributed by atoms with van der Waals surface area (Å²) in [5.74, 6) is 1.05. The van der Waals surface area contributed by atoms with E-state index >= 15 is 0 Å². The lowest BCUT2D eigenvalue weighted by atomic mass is 10.1. The number of hydrogen-bond donors (Lipinski definition) is 0. The van der Waals surface area contributed by atoms with Gasteiger partial charge < -0.3 is 19.3 Å². The molecule has 23 heavy (non-hydrogen) atoms.